The predicted molar refractivity (Wildman–Crippen MR) is 108 cm³/mol. The number of nitrogens with zero attached hydrogens (tertiary/aromatic N) is 5. The zero-order valence-electron chi connectivity index (χ0n) is 15.1. The first-order valence-electron chi connectivity index (χ1n) is 8.62. The van der Waals surface area contributed by atoms with Crippen molar-refractivity contribution in [2.45, 2.75) is 19.4 Å². The highest BCUT2D eigenvalue weighted by molar-refractivity contribution is 9.10. The molecule has 0 fully saturated rings. The summed E-state index contributed by atoms with van der Waals surface area (Å²) in [4.78, 5) is 6.50. The molecule has 0 saturated carbocycles. The molecule has 0 aliphatic carbocycles. The molecule has 0 aliphatic rings. The van der Waals surface area contributed by atoms with E-state index in [0.717, 1.165) is 47.8 Å². The fourth-order valence-corrected chi connectivity index (χ4v) is 3.10. The number of pyridine rings is 1. The number of aryl methyl sites for hydroxylation is 1. The summed E-state index contributed by atoms with van der Waals surface area (Å²) in [6.07, 6.45) is 3.83. The molecule has 2 aromatic heterocycles. The fraction of sp³-hybridized carbons (Fsp3) is 0.316. The lowest BCUT2D eigenvalue weighted by molar-refractivity contribution is 0.475. The Balaban J connectivity index is 1.48. The SMILES string of the molecule is CN=C(NCCCc1nnc2ccccn12)N(C)Cc1ccc(Br)cc1. The van der Waals surface area contributed by atoms with Crippen molar-refractivity contribution >= 4 is 27.5 Å². The molecule has 0 saturated heterocycles. The lowest BCUT2D eigenvalue weighted by atomic mass is 10.2. The van der Waals surface area contributed by atoms with Crippen LogP contribution in [0.5, 0.6) is 0 Å². The fourth-order valence-electron chi connectivity index (χ4n) is 2.83. The number of fused-ring (bicyclic) bond motifs is 1. The van der Waals surface area contributed by atoms with E-state index in [-0.39, 0.29) is 0 Å². The lowest BCUT2D eigenvalue weighted by Gasteiger charge is -2.22. The number of benzene rings is 1. The van der Waals surface area contributed by atoms with Crippen LogP contribution in [0.2, 0.25) is 0 Å². The Bertz CT molecular complexity index is 871. The molecule has 6 nitrogen and oxygen atoms in total. The summed E-state index contributed by atoms with van der Waals surface area (Å²) < 4.78 is 3.13. The third-order valence-electron chi connectivity index (χ3n) is 4.15. The van der Waals surface area contributed by atoms with Gasteiger partial charge >= 0.3 is 0 Å². The predicted octanol–water partition coefficient (Wildman–Crippen LogP) is 3.13. The van der Waals surface area contributed by atoms with E-state index in [2.05, 4.69) is 65.6 Å². The summed E-state index contributed by atoms with van der Waals surface area (Å²) in [5.41, 5.74) is 2.13. The van der Waals surface area contributed by atoms with Crippen molar-refractivity contribution in [3.8, 4) is 0 Å². The third-order valence-corrected chi connectivity index (χ3v) is 4.68. The van der Waals surface area contributed by atoms with E-state index in [1.807, 2.05) is 42.9 Å². The molecule has 3 rings (SSSR count). The van der Waals surface area contributed by atoms with Crippen LogP contribution in [0.1, 0.15) is 17.8 Å². The zero-order valence-corrected chi connectivity index (χ0v) is 16.6. The van der Waals surface area contributed by atoms with Gasteiger partial charge in [-0.1, -0.05) is 34.1 Å². The maximum Gasteiger partial charge on any atom is 0.193 e. The average molecular weight is 415 g/mol. The highest BCUT2D eigenvalue weighted by Crippen LogP contribution is 2.12. The largest absolute Gasteiger partial charge is 0.356 e. The first kappa shape index (κ1) is 18.4. The van der Waals surface area contributed by atoms with Crippen molar-refractivity contribution in [2.75, 3.05) is 20.6 Å². The van der Waals surface area contributed by atoms with Crippen LogP contribution in [0.15, 0.2) is 58.1 Å². The van der Waals surface area contributed by atoms with Crippen LogP contribution in [-0.4, -0.2) is 46.1 Å². The van der Waals surface area contributed by atoms with E-state index in [1.54, 1.807) is 0 Å². The maximum atomic E-state index is 4.38. The molecule has 1 aromatic carbocycles. The van der Waals surface area contributed by atoms with Gasteiger partial charge in [0, 0.05) is 44.3 Å². The Kier molecular flexibility index (Phi) is 6.22. The molecule has 26 heavy (non-hydrogen) atoms. The smallest absolute Gasteiger partial charge is 0.193 e. The molecule has 0 atom stereocenters. The molecule has 0 radical (unpaired) electrons. The van der Waals surface area contributed by atoms with E-state index >= 15 is 0 Å². The van der Waals surface area contributed by atoms with E-state index in [9.17, 15) is 0 Å². The summed E-state index contributed by atoms with van der Waals surface area (Å²) in [6.45, 7) is 1.64. The van der Waals surface area contributed by atoms with E-state index in [4.69, 9.17) is 0 Å². The topological polar surface area (TPSA) is 57.8 Å². The second-order valence-electron chi connectivity index (χ2n) is 6.11. The van der Waals surface area contributed by atoms with Gasteiger partial charge in [0.2, 0.25) is 0 Å². The van der Waals surface area contributed by atoms with Gasteiger partial charge in [0.1, 0.15) is 5.82 Å². The highest BCUT2D eigenvalue weighted by atomic mass is 79.9. The van der Waals surface area contributed by atoms with Gasteiger partial charge < -0.3 is 10.2 Å². The zero-order chi connectivity index (χ0) is 18.4. The van der Waals surface area contributed by atoms with Crippen LogP contribution in [-0.2, 0) is 13.0 Å². The summed E-state index contributed by atoms with van der Waals surface area (Å²) in [7, 11) is 3.86. The van der Waals surface area contributed by atoms with Gasteiger partial charge in [0.05, 0.1) is 0 Å². The molecule has 0 bridgehead atoms. The van der Waals surface area contributed by atoms with E-state index in [1.165, 1.54) is 5.56 Å². The molecular formula is C19H23BrN6. The second kappa shape index (κ2) is 8.80. The monoisotopic (exact) mass is 414 g/mol. The molecule has 2 heterocycles. The molecule has 0 unspecified atom stereocenters. The molecule has 7 heteroatoms. The first-order valence-corrected chi connectivity index (χ1v) is 9.41. The standard InChI is InChI=1S/C19H23BrN6/c1-21-19(25(2)14-15-8-10-16(20)11-9-15)22-12-5-7-18-24-23-17-6-3-4-13-26(17)18/h3-4,6,8-11,13H,5,7,12,14H2,1-2H3,(H,21,22). The number of rotatable bonds is 6. The maximum absolute atomic E-state index is 4.38. The average Bonchev–Trinajstić information content (AvgIpc) is 3.07. The Morgan fingerprint density at radius 2 is 2.00 bits per heavy atom. The summed E-state index contributed by atoms with van der Waals surface area (Å²) >= 11 is 3.47. The van der Waals surface area contributed by atoms with Crippen molar-refractivity contribution in [1.82, 2.24) is 24.8 Å². The summed E-state index contributed by atoms with van der Waals surface area (Å²) in [5.74, 6) is 1.87. The number of aromatic nitrogens is 3. The minimum atomic E-state index is 0.807. The first-order chi connectivity index (χ1) is 12.7. The van der Waals surface area contributed by atoms with Crippen LogP contribution in [0.25, 0.3) is 5.65 Å². The molecule has 1 N–H and O–H groups in total. The van der Waals surface area contributed by atoms with E-state index < -0.39 is 0 Å². The van der Waals surface area contributed by atoms with Gasteiger partial charge in [-0.05, 0) is 36.2 Å². The van der Waals surface area contributed by atoms with Crippen molar-refractivity contribution in [2.24, 2.45) is 4.99 Å². The number of aliphatic imine (C=N–C) groups is 1. The lowest BCUT2D eigenvalue weighted by Crippen LogP contribution is -2.39. The van der Waals surface area contributed by atoms with Crippen LogP contribution in [0.3, 0.4) is 0 Å². The van der Waals surface area contributed by atoms with Gasteiger partial charge in [0.15, 0.2) is 11.6 Å². The molecule has 0 amide bonds. The minimum Gasteiger partial charge on any atom is -0.356 e. The Morgan fingerprint density at radius 1 is 1.19 bits per heavy atom. The van der Waals surface area contributed by atoms with Crippen molar-refractivity contribution in [3.63, 3.8) is 0 Å². The molecule has 0 aliphatic heterocycles. The second-order valence-corrected chi connectivity index (χ2v) is 7.02. The van der Waals surface area contributed by atoms with Gasteiger partial charge in [-0.25, -0.2) is 0 Å². The van der Waals surface area contributed by atoms with Crippen molar-refractivity contribution in [3.05, 3.63) is 64.5 Å². The Morgan fingerprint density at radius 3 is 2.77 bits per heavy atom. The van der Waals surface area contributed by atoms with Gasteiger partial charge in [-0.3, -0.25) is 9.39 Å². The van der Waals surface area contributed by atoms with Gasteiger partial charge in [0.25, 0.3) is 0 Å². The molecular weight excluding hydrogens is 392 g/mol. The Labute approximate surface area is 162 Å². The van der Waals surface area contributed by atoms with Crippen LogP contribution in [0.4, 0.5) is 0 Å². The number of hydrogen-bond acceptors (Lipinski definition) is 3. The van der Waals surface area contributed by atoms with Crippen LogP contribution in [0, 0.1) is 0 Å². The normalized spacial score (nSPS) is 11.7. The van der Waals surface area contributed by atoms with Crippen molar-refractivity contribution in [1.29, 1.82) is 0 Å². The van der Waals surface area contributed by atoms with Crippen molar-refractivity contribution < 1.29 is 0 Å². The Hall–Kier alpha value is -2.41. The van der Waals surface area contributed by atoms with E-state index in [0.29, 0.717) is 0 Å². The van der Waals surface area contributed by atoms with Gasteiger partial charge in [-0.2, -0.15) is 0 Å². The van der Waals surface area contributed by atoms with Gasteiger partial charge in [-0.15, -0.1) is 10.2 Å². The quantitative estimate of drug-likeness (QED) is 0.382. The number of guanidine groups is 1. The van der Waals surface area contributed by atoms with Crippen LogP contribution >= 0.6 is 15.9 Å². The molecule has 3 aromatic rings. The molecule has 0 spiro atoms. The third kappa shape index (κ3) is 4.60. The number of nitrogens with one attached hydrogen (secondary N) is 1. The summed E-state index contributed by atoms with van der Waals surface area (Å²) in [6, 6.07) is 14.3. The highest BCUT2D eigenvalue weighted by Gasteiger charge is 2.08. The number of hydrogen-bond donors (Lipinski definition) is 1. The molecule has 136 valence electrons. The number of halogens is 1. The summed E-state index contributed by atoms with van der Waals surface area (Å²) in [5, 5.41) is 11.9. The van der Waals surface area contributed by atoms with Crippen LogP contribution < -0.4 is 5.32 Å². The minimum absolute atomic E-state index is 0.807.